The van der Waals surface area contributed by atoms with Crippen LogP contribution in [0.2, 0.25) is 12.1 Å². The van der Waals surface area contributed by atoms with Crippen LogP contribution in [0.5, 0.6) is 17.2 Å². The van der Waals surface area contributed by atoms with Gasteiger partial charge in [0.15, 0.2) is 0 Å². The smallest absolute Gasteiger partial charge is 0.501 e. The van der Waals surface area contributed by atoms with Crippen molar-refractivity contribution < 1.29 is 70.5 Å². The van der Waals surface area contributed by atoms with Gasteiger partial charge in [-0.2, -0.15) is 0 Å². The van der Waals surface area contributed by atoms with E-state index in [0.717, 1.165) is 12.1 Å². The largest absolute Gasteiger partial charge is 0.508 e. The molecule has 0 aliphatic carbocycles. The molecule has 0 aliphatic heterocycles. The lowest BCUT2D eigenvalue weighted by Gasteiger charge is -2.28. The second kappa shape index (κ2) is 36.7. The zero-order valence-electron chi connectivity index (χ0n) is 40.1. The number of hydrogen-bond acceptors (Lipinski definition) is 18. The van der Waals surface area contributed by atoms with Gasteiger partial charge in [-0.05, 0) is 90.8 Å². The normalized spacial score (nSPS) is 10.9. The lowest BCUT2D eigenvalue weighted by atomic mass is 10.2. The van der Waals surface area contributed by atoms with Crippen LogP contribution in [0.25, 0.3) is 0 Å². The molecule has 23 heteroatoms. The Kier molecular flexibility index (Phi) is 34.0. The SMILES string of the molecule is C.C=CCOCc1cc(OCC=C)ccc1[N+](=O)[O-].CCO[Si](CCCOCc1cc(OCCC[Si](OCC)(OCC)OCC)ccc1[N+](=O)[O-])(OCC)OCC.O=[N+]([O-])c1ccc(O)cc1CO. The maximum Gasteiger partial charge on any atom is 0.501 e. The Hall–Kier alpha value is -5.19. The number of aliphatic hydroxyl groups is 1. The van der Waals surface area contributed by atoms with E-state index in [4.69, 9.17) is 55.7 Å². The maximum atomic E-state index is 11.6. The first kappa shape index (κ1) is 63.8. The molecule has 3 rings (SSSR count). The van der Waals surface area contributed by atoms with Gasteiger partial charge in [-0.1, -0.05) is 26.2 Å². The van der Waals surface area contributed by atoms with Crippen molar-refractivity contribution >= 4 is 34.7 Å². The average Bonchev–Trinajstić information content (AvgIpc) is 3.30. The van der Waals surface area contributed by atoms with E-state index in [1.165, 1.54) is 18.2 Å². The first-order chi connectivity index (χ1) is 32.7. The highest BCUT2D eigenvalue weighted by atomic mass is 28.4. The summed E-state index contributed by atoms with van der Waals surface area (Å²) < 4.78 is 57.4. The highest BCUT2D eigenvalue weighted by molar-refractivity contribution is 6.61. The molecule has 0 radical (unpaired) electrons. The second-order valence-electron chi connectivity index (χ2n) is 13.8. The Balaban J connectivity index is 0.00000122. The molecule has 388 valence electrons. The number of benzene rings is 3. The molecule has 0 aliphatic rings. The summed E-state index contributed by atoms with van der Waals surface area (Å²) in [5, 5.41) is 50.3. The Morgan fingerprint density at radius 2 is 0.942 bits per heavy atom. The summed E-state index contributed by atoms with van der Waals surface area (Å²) in [6, 6.07) is 14.0. The molecular weight excluding hydrogens is 939 g/mol. The molecule has 21 nitrogen and oxygen atoms in total. The van der Waals surface area contributed by atoms with Crippen LogP contribution in [-0.2, 0) is 55.9 Å². The zero-order chi connectivity index (χ0) is 50.8. The van der Waals surface area contributed by atoms with Gasteiger partial charge in [0.25, 0.3) is 17.1 Å². The molecule has 0 spiro atoms. The second-order valence-corrected chi connectivity index (χ2v) is 19.3. The van der Waals surface area contributed by atoms with Crippen LogP contribution in [-0.4, -0.2) is 109 Å². The number of hydrogen-bond donors (Lipinski definition) is 2. The molecule has 0 unspecified atom stereocenters. The minimum Gasteiger partial charge on any atom is -0.508 e. The van der Waals surface area contributed by atoms with Crippen LogP contribution < -0.4 is 9.47 Å². The van der Waals surface area contributed by atoms with E-state index < -0.39 is 39.0 Å². The minimum absolute atomic E-state index is 0. The Labute approximate surface area is 408 Å². The molecule has 3 aromatic carbocycles. The van der Waals surface area contributed by atoms with Gasteiger partial charge in [0.1, 0.15) is 23.9 Å². The lowest BCUT2D eigenvalue weighted by Crippen LogP contribution is -2.46. The van der Waals surface area contributed by atoms with Gasteiger partial charge in [0.2, 0.25) is 0 Å². The number of rotatable bonds is 34. The minimum atomic E-state index is -2.74. The van der Waals surface area contributed by atoms with Crippen LogP contribution >= 0.6 is 0 Å². The molecule has 0 saturated carbocycles. The first-order valence-electron chi connectivity index (χ1n) is 22.3. The fourth-order valence-corrected chi connectivity index (χ4v) is 11.4. The van der Waals surface area contributed by atoms with Crippen molar-refractivity contribution in [2.45, 2.75) is 93.7 Å². The lowest BCUT2D eigenvalue weighted by molar-refractivity contribution is -0.386. The van der Waals surface area contributed by atoms with E-state index in [1.807, 2.05) is 41.5 Å². The van der Waals surface area contributed by atoms with Gasteiger partial charge in [-0.15, -0.1) is 6.58 Å². The molecule has 0 fully saturated rings. The number of phenolic OH excluding ortho intramolecular Hbond substituents is 1. The monoisotopic (exact) mass is 1010 g/mol. The predicted octanol–water partition coefficient (Wildman–Crippen LogP) is 9.66. The summed E-state index contributed by atoms with van der Waals surface area (Å²) >= 11 is 0. The highest BCUT2D eigenvalue weighted by Crippen LogP contribution is 2.28. The number of ether oxygens (including phenoxy) is 4. The standard InChI is InChI=1S/C25H47NO10Si2.C13H15NO4.C7H7NO4.CH4/c1-7-31-37(32-8-2,33-9-3)19-13-17-29-22-23-21-24(15-16-25(23)26(27)28)30-18-14-20-38(34-10-4,35-11-5)36-12-6;1-3-7-17-10-11-9-12(18-8-4-2)5-6-13(11)14(15)16;9-4-5-3-6(10)1-2-7(5)8(11)12;/h15-16,21H,7-14,17-20,22H2,1-6H3;3-6,9H,1-2,7-8,10H2;1-3,9-10H,4H2;1H4. The van der Waals surface area contributed by atoms with Crippen LogP contribution in [0.3, 0.4) is 0 Å². The molecule has 0 atom stereocenters. The number of aliphatic hydroxyl groups excluding tert-OH is 1. The summed E-state index contributed by atoms with van der Waals surface area (Å²) in [5.74, 6) is 1.00. The van der Waals surface area contributed by atoms with Crippen LogP contribution in [0.4, 0.5) is 17.1 Å². The maximum absolute atomic E-state index is 11.6. The summed E-state index contributed by atoms with van der Waals surface area (Å²) in [7, 11) is -5.48. The topological polar surface area (TPSA) is 262 Å². The molecular formula is C46H73N3O18Si2. The average molecular weight is 1010 g/mol. The quantitative estimate of drug-likeness (QED) is 0.0185. The summed E-state index contributed by atoms with van der Waals surface area (Å²) in [5.41, 5.74) is 0.871. The Bertz CT molecular complexity index is 1930. The molecule has 0 aromatic heterocycles. The van der Waals surface area contributed by atoms with Crippen molar-refractivity contribution in [3.63, 3.8) is 0 Å². The van der Waals surface area contributed by atoms with Crippen molar-refractivity contribution in [3.8, 4) is 17.2 Å². The number of nitrogens with zero attached hydrogens (tertiary/aromatic N) is 3. The van der Waals surface area contributed by atoms with E-state index in [0.29, 0.717) is 114 Å². The third kappa shape index (κ3) is 24.3. The van der Waals surface area contributed by atoms with Crippen molar-refractivity contribution in [1.29, 1.82) is 0 Å². The number of aromatic hydroxyl groups is 1. The highest BCUT2D eigenvalue weighted by Gasteiger charge is 2.40. The van der Waals surface area contributed by atoms with Crippen LogP contribution in [0.1, 0.15) is 78.5 Å². The van der Waals surface area contributed by atoms with Gasteiger partial charge in [-0.25, -0.2) is 0 Å². The van der Waals surface area contributed by atoms with Crippen molar-refractivity contribution in [1.82, 2.24) is 0 Å². The van der Waals surface area contributed by atoms with Crippen molar-refractivity contribution in [3.05, 3.63) is 127 Å². The first-order valence-corrected chi connectivity index (χ1v) is 26.1. The molecule has 2 N–H and O–H groups in total. The van der Waals surface area contributed by atoms with Crippen LogP contribution in [0, 0.1) is 30.3 Å². The van der Waals surface area contributed by atoms with Crippen LogP contribution in [0.15, 0.2) is 79.9 Å². The van der Waals surface area contributed by atoms with Gasteiger partial charge >= 0.3 is 17.6 Å². The molecule has 3 aromatic rings. The number of nitro groups is 3. The van der Waals surface area contributed by atoms with Gasteiger partial charge in [-0.3, -0.25) is 30.3 Å². The fraction of sp³-hybridized carbons (Fsp3) is 0.522. The Morgan fingerprint density at radius 1 is 0.551 bits per heavy atom. The third-order valence-electron chi connectivity index (χ3n) is 8.90. The molecule has 0 bridgehead atoms. The number of phenols is 1. The van der Waals surface area contributed by atoms with Gasteiger partial charge in [0.05, 0.1) is 64.5 Å². The third-order valence-corrected chi connectivity index (χ3v) is 15.2. The molecule has 69 heavy (non-hydrogen) atoms. The summed E-state index contributed by atoms with van der Waals surface area (Å²) in [6.45, 7) is 22.9. The summed E-state index contributed by atoms with van der Waals surface area (Å²) in [6.07, 6.45) is 4.51. The fourth-order valence-electron chi connectivity index (χ4n) is 6.23. The van der Waals surface area contributed by atoms with Crippen molar-refractivity contribution in [2.24, 2.45) is 0 Å². The number of nitro benzene ring substituents is 3. The van der Waals surface area contributed by atoms with Gasteiger partial charge in [0, 0.05) is 76.5 Å². The van der Waals surface area contributed by atoms with E-state index in [2.05, 4.69) is 13.2 Å². The van der Waals surface area contributed by atoms with E-state index in [-0.39, 0.29) is 49.0 Å². The molecule has 0 heterocycles. The van der Waals surface area contributed by atoms with E-state index in [1.54, 1.807) is 36.4 Å². The Morgan fingerprint density at radius 3 is 1.35 bits per heavy atom. The van der Waals surface area contributed by atoms with Gasteiger partial charge < -0.3 is 55.7 Å². The zero-order valence-corrected chi connectivity index (χ0v) is 42.1. The van der Waals surface area contributed by atoms with E-state index >= 15 is 0 Å². The predicted molar refractivity (Wildman–Crippen MR) is 264 cm³/mol. The van der Waals surface area contributed by atoms with Crippen molar-refractivity contribution in [2.75, 3.05) is 66.1 Å². The molecule has 0 amide bonds. The summed E-state index contributed by atoms with van der Waals surface area (Å²) in [4.78, 5) is 31.3. The van der Waals surface area contributed by atoms with E-state index in [9.17, 15) is 30.3 Å². The molecule has 0 saturated heterocycles.